The molecule has 3 N–H and O–H groups in total. The van der Waals surface area contributed by atoms with Crippen molar-refractivity contribution in [2.45, 2.75) is 6.92 Å². The number of nitrogens with zero attached hydrogens (tertiary/aromatic N) is 5. The predicted octanol–water partition coefficient (Wildman–Crippen LogP) is 0.787. The van der Waals surface area contributed by atoms with E-state index in [1.165, 1.54) is 5.56 Å². The van der Waals surface area contributed by atoms with Crippen LogP contribution < -0.4 is 15.1 Å². The van der Waals surface area contributed by atoms with Gasteiger partial charge in [-0.3, -0.25) is 19.4 Å². The lowest BCUT2D eigenvalue weighted by Gasteiger charge is -2.28. The Morgan fingerprint density at radius 1 is 0.976 bits per heavy atom. The van der Waals surface area contributed by atoms with Crippen LogP contribution in [0.3, 0.4) is 0 Å². The first kappa shape index (κ1) is 34.3. The second-order valence-corrected chi connectivity index (χ2v) is 12.0. The van der Waals surface area contributed by atoms with E-state index in [0.717, 1.165) is 57.3 Å². The minimum absolute atomic E-state index is 0.352. The molecule has 2 aromatic rings. The summed E-state index contributed by atoms with van der Waals surface area (Å²) in [5, 5.41) is 4.35. The third-order valence-corrected chi connectivity index (χ3v) is 5.20. The molecule has 2 aliphatic rings. The molecule has 0 aliphatic carbocycles. The average Bonchev–Trinajstić information content (AvgIpc) is 2.88. The van der Waals surface area contributed by atoms with E-state index < -0.39 is 20.2 Å². The molecule has 0 spiro atoms. The topological polar surface area (TPSA) is 193 Å². The van der Waals surface area contributed by atoms with Crippen LogP contribution in [0.2, 0.25) is 0 Å². The fourth-order valence-corrected chi connectivity index (χ4v) is 3.50. The summed E-state index contributed by atoms with van der Waals surface area (Å²) in [6, 6.07) is 10.4. The minimum atomic E-state index is -3.67. The fourth-order valence-electron chi connectivity index (χ4n) is 3.50. The van der Waals surface area contributed by atoms with E-state index >= 15 is 0 Å². The van der Waals surface area contributed by atoms with E-state index in [2.05, 4.69) is 49.4 Å². The van der Waals surface area contributed by atoms with E-state index in [1.807, 2.05) is 18.2 Å². The van der Waals surface area contributed by atoms with E-state index in [0.29, 0.717) is 44.2 Å². The van der Waals surface area contributed by atoms with Gasteiger partial charge in [-0.1, -0.05) is 29.8 Å². The van der Waals surface area contributed by atoms with E-state index in [-0.39, 0.29) is 0 Å². The number of benzene rings is 1. The van der Waals surface area contributed by atoms with E-state index in [9.17, 15) is 16.8 Å². The van der Waals surface area contributed by atoms with Gasteiger partial charge in [0.1, 0.15) is 12.4 Å². The molecule has 4 rings (SSSR count). The van der Waals surface area contributed by atoms with Gasteiger partial charge in [0.05, 0.1) is 45.2 Å². The number of ether oxygens (including phenoxy) is 3. The smallest absolute Gasteiger partial charge is 0.320 e. The summed E-state index contributed by atoms with van der Waals surface area (Å²) >= 11 is 0. The molecule has 2 fully saturated rings. The van der Waals surface area contributed by atoms with Crippen molar-refractivity contribution in [2.24, 2.45) is 5.10 Å². The normalized spacial score (nSPS) is 16.3. The fraction of sp³-hybridized carbons (Fsp3) is 0.542. The van der Waals surface area contributed by atoms with Crippen LogP contribution in [0.4, 0.5) is 11.6 Å². The summed E-state index contributed by atoms with van der Waals surface area (Å²) in [6.45, 7) is 9.76. The van der Waals surface area contributed by atoms with Crippen molar-refractivity contribution in [3.63, 3.8) is 0 Å². The molecule has 0 amide bonds. The molecule has 0 radical (unpaired) electrons. The van der Waals surface area contributed by atoms with Gasteiger partial charge < -0.3 is 19.1 Å². The van der Waals surface area contributed by atoms with Crippen molar-refractivity contribution in [2.75, 3.05) is 88.6 Å². The second kappa shape index (κ2) is 17.1. The number of hydrogen-bond donors (Lipinski definition) is 3. The molecule has 41 heavy (non-hydrogen) atoms. The third-order valence-electron chi connectivity index (χ3n) is 5.20. The van der Waals surface area contributed by atoms with Crippen molar-refractivity contribution in [3.8, 4) is 6.01 Å². The molecule has 0 bridgehead atoms. The lowest BCUT2D eigenvalue weighted by atomic mass is 10.2. The van der Waals surface area contributed by atoms with Crippen LogP contribution in [-0.2, 0) is 29.7 Å². The Hall–Kier alpha value is -2.93. The van der Waals surface area contributed by atoms with E-state index in [1.54, 1.807) is 6.21 Å². The number of nitrogens with one attached hydrogen (secondary N) is 1. The number of hydrogen-bond acceptors (Lipinski definition) is 13. The second-order valence-electron chi connectivity index (χ2n) is 9.05. The Morgan fingerprint density at radius 2 is 1.56 bits per heavy atom. The van der Waals surface area contributed by atoms with Crippen LogP contribution in [0.5, 0.6) is 6.01 Å². The quantitative estimate of drug-likeness (QED) is 0.213. The molecule has 2 aliphatic heterocycles. The number of morpholine rings is 2. The van der Waals surface area contributed by atoms with Crippen molar-refractivity contribution in [1.29, 1.82) is 0 Å². The molecule has 0 atom stereocenters. The van der Waals surface area contributed by atoms with Crippen LogP contribution >= 0.6 is 0 Å². The lowest BCUT2D eigenvalue weighted by Crippen LogP contribution is -2.39. The van der Waals surface area contributed by atoms with Crippen molar-refractivity contribution < 1.29 is 40.2 Å². The maximum Gasteiger partial charge on any atom is 0.320 e. The average molecular weight is 619 g/mol. The monoisotopic (exact) mass is 618 g/mol. The molecule has 0 saturated carbocycles. The lowest BCUT2D eigenvalue weighted by molar-refractivity contribution is 0.0317. The maximum atomic E-state index is 9.19. The largest absolute Gasteiger partial charge is 0.462 e. The van der Waals surface area contributed by atoms with Crippen LogP contribution in [0, 0.1) is 6.92 Å². The van der Waals surface area contributed by atoms with Crippen molar-refractivity contribution in [1.82, 2.24) is 14.9 Å². The maximum absolute atomic E-state index is 9.19. The van der Waals surface area contributed by atoms with Crippen LogP contribution in [0.1, 0.15) is 11.1 Å². The molecule has 230 valence electrons. The Morgan fingerprint density at radius 3 is 2.15 bits per heavy atom. The number of rotatable bonds is 8. The molecular formula is C24H38N6O9S2. The standard InChI is InChI=1S/C22H30N6O3.2CH4O3S/c1-18-3-2-4-19(15-18)17-23-26-20-16-21(28-8-12-30-13-9-28)25-22(24-20)31-14-7-27-5-10-29-11-6-27;2*1-5(2,3)4/h2-4,15-17H,5-14H2,1H3,(H,24,25,26);2*1H3,(H,2,3,4)/b23-17+;;. The van der Waals surface area contributed by atoms with Crippen molar-refractivity contribution in [3.05, 3.63) is 41.5 Å². The number of aryl methyl sites for hydroxylation is 1. The predicted molar refractivity (Wildman–Crippen MR) is 155 cm³/mol. The van der Waals surface area contributed by atoms with Gasteiger partial charge in [-0.05, 0) is 12.5 Å². The highest BCUT2D eigenvalue weighted by molar-refractivity contribution is 7.85. The van der Waals surface area contributed by atoms with Crippen LogP contribution in [0.15, 0.2) is 35.4 Å². The zero-order valence-corrected chi connectivity index (χ0v) is 25.0. The SMILES string of the molecule is CS(=O)(=O)O.CS(=O)(=O)O.Cc1cccc(/C=N/Nc2cc(N3CCOCC3)nc(OCCN3CCOCC3)n2)c1. The highest BCUT2D eigenvalue weighted by Crippen LogP contribution is 2.20. The van der Waals surface area contributed by atoms with Gasteiger partial charge in [0, 0.05) is 38.8 Å². The first-order valence-electron chi connectivity index (χ1n) is 12.6. The molecule has 15 nitrogen and oxygen atoms in total. The molecular weight excluding hydrogens is 580 g/mol. The van der Waals surface area contributed by atoms with E-state index in [4.69, 9.17) is 23.3 Å². The van der Waals surface area contributed by atoms with Gasteiger partial charge in [0.15, 0.2) is 5.82 Å². The Bertz CT molecular complexity index is 1270. The molecule has 2 saturated heterocycles. The van der Waals surface area contributed by atoms with Gasteiger partial charge in [-0.25, -0.2) is 0 Å². The summed E-state index contributed by atoms with van der Waals surface area (Å²) in [4.78, 5) is 13.6. The first-order valence-corrected chi connectivity index (χ1v) is 16.3. The van der Waals surface area contributed by atoms with Crippen molar-refractivity contribution >= 4 is 38.1 Å². The minimum Gasteiger partial charge on any atom is -0.462 e. The first-order chi connectivity index (χ1) is 19.3. The molecule has 0 unspecified atom stereocenters. The highest BCUT2D eigenvalue weighted by Gasteiger charge is 2.16. The van der Waals surface area contributed by atoms with Crippen LogP contribution in [-0.4, -0.2) is 125 Å². The third kappa shape index (κ3) is 17.5. The zero-order chi connectivity index (χ0) is 30.3. The Labute approximate surface area is 241 Å². The summed E-state index contributed by atoms with van der Waals surface area (Å²) in [7, 11) is -7.33. The van der Waals surface area contributed by atoms with Gasteiger partial charge in [0.2, 0.25) is 0 Å². The number of anilines is 2. The van der Waals surface area contributed by atoms with Gasteiger partial charge in [0.25, 0.3) is 20.2 Å². The summed E-state index contributed by atoms with van der Waals surface area (Å²) < 4.78 is 68.5. The van der Waals surface area contributed by atoms with Crippen LogP contribution in [0.25, 0.3) is 0 Å². The number of aromatic nitrogens is 2. The Kier molecular flexibility index (Phi) is 14.3. The molecule has 17 heteroatoms. The molecule has 1 aromatic heterocycles. The summed E-state index contributed by atoms with van der Waals surface area (Å²) in [5.74, 6) is 1.41. The summed E-state index contributed by atoms with van der Waals surface area (Å²) in [5.41, 5.74) is 5.24. The highest BCUT2D eigenvalue weighted by atomic mass is 32.2. The summed E-state index contributed by atoms with van der Waals surface area (Å²) in [6.07, 6.45) is 3.21. The Balaban J connectivity index is 0.000000507. The van der Waals surface area contributed by atoms with Gasteiger partial charge in [-0.2, -0.15) is 31.9 Å². The molecule has 3 heterocycles. The molecule has 1 aromatic carbocycles. The van der Waals surface area contributed by atoms with Gasteiger partial charge in [-0.15, -0.1) is 0 Å². The zero-order valence-electron chi connectivity index (χ0n) is 23.3. The van der Waals surface area contributed by atoms with Gasteiger partial charge >= 0.3 is 6.01 Å². The number of hydrazone groups is 1.